The van der Waals surface area contributed by atoms with Crippen molar-refractivity contribution in [2.45, 2.75) is 33.6 Å². The molecule has 1 N–H and O–H groups in total. The molecule has 1 saturated heterocycles. The molecule has 3 aromatic heterocycles. The number of benzene rings is 1. The summed E-state index contributed by atoms with van der Waals surface area (Å²) in [6.07, 6.45) is 3.61. The van der Waals surface area contributed by atoms with E-state index in [0.29, 0.717) is 5.92 Å². The van der Waals surface area contributed by atoms with Gasteiger partial charge in [-0.25, -0.2) is 9.50 Å². The summed E-state index contributed by atoms with van der Waals surface area (Å²) in [5.74, 6) is 0.326. The van der Waals surface area contributed by atoms with Crippen LogP contribution in [0.4, 0.5) is 5.69 Å². The van der Waals surface area contributed by atoms with Crippen molar-refractivity contribution >= 4 is 11.3 Å². The number of H-pyrrole nitrogens is 1. The van der Waals surface area contributed by atoms with Crippen LogP contribution in [0.25, 0.3) is 28.2 Å². The number of hydrogen-bond donors (Lipinski definition) is 1. The maximum Gasteiger partial charge on any atom is 0.158 e. The highest BCUT2D eigenvalue weighted by Crippen LogP contribution is 2.36. The van der Waals surface area contributed by atoms with Gasteiger partial charge in [0.1, 0.15) is 6.33 Å². The molecule has 7 nitrogen and oxygen atoms in total. The van der Waals surface area contributed by atoms with Gasteiger partial charge in [0.25, 0.3) is 0 Å². The van der Waals surface area contributed by atoms with Gasteiger partial charge in [-0.1, -0.05) is 32.9 Å². The summed E-state index contributed by atoms with van der Waals surface area (Å²) < 4.78 is 1.83. The Kier molecular flexibility index (Phi) is 5.43. The van der Waals surface area contributed by atoms with Crippen molar-refractivity contribution < 1.29 is 0 Å². The summed E-state index contributed by atoms with van der Waals surface area (Å²) >= 11 is 0. The summed E-state index contributed by atoms with van der Waals surface area (Å²) in [6.45, 7) is 14.3. The first kappa shape index (κ1) is 20.7. The molecule has 0 bridgehead atoms. The van der Waals surface area contributed by atoms with Crippen molar-refractivity contribution in [3.63, 3.8) is 0 Å². The average Bonchev–Trinajstić information content (AvgIpc) is 3.47. The number of rotatable bonds is 5. The number of nitrogens with zero attached hydrogens (tertiary/aromatic N) is 6. The van der Waals surface area contributed by atoms with E-state index in [-0.39, 0.29) is 0 Å². The Morgan fingerprint density at radius 3 is 2.47 bits per heavy atom. The normalized spacial score (nSPS) is 15.2. The van der Waals surface area contributed by atoms with E-state index in [2.05, 4.69) is 83.0 Å². The lowest BCUT2D eigenvalue weighted by Crippen LogP contribution is -2.46. The van der Waals surface area contributed by atoms with E-state index >= 15 is 0 Å². The zero-order chi connectivity index (χ0) is 22.2. The first-order chi connectivity index (χ1) is 15.5. The fourth-order valence-corrected chi connectivity index (χ4v) is 4.74. The lowest BCUT2D eigenvalue weighted by molar-refractivity contribution is 0.271. The third-order valence-corrected chi connectivity index (χ3v) is 6.55. The van der Waals surface area contributed by atoms with Gasteiger partial charge in [0, 0.05) is 49.2 Å². The predicted molar refractivity (Wildman–Crippen MR) is 129 cm³/mol. The molecule has 1 aliphatic rings. The van der Waals surface area contributed by atoms with Gasteiger partial charge in [-0.2, -0.15) is 10.2 Å². The zero-order valence-corrected chi connectivity index (χ0v) is 19.3. The minimum atomic E-state index is 0.326. The fourth-order valence-electron chi connectivity index (χ4n) is 4.74. The standard InChI is InChI=1S/C25H31N7/c1-5-30-10-12-31(13-11-30)21-8-6-19(7-9-21)23-22(17(2)3)24(29-28-23)20-14-18(4)25-26-16-27-32(25)15-20/h6-9,14-17H,5,10-13H2,1-4H3,(H,28,29). The molecule has 32 heavy (non-hydrogen) atoms. The fraction of sp³-hybridized carbons (Fsp3) is 0.400. The van der Waals surface area contributed by atoms with Crippen LogP contribution in [0, 0.1) is 6.92 Å². The van der Waals surface area contributed by atoms with E-state index in [0.717, 1.165) is 60.9 Å². The highest BCUT2D eigenvalue weighted by atomic mass is 15.3. The first-order valence-electron chi connectivity index (χ1n) is 11.5. The Morgan fingerprint density at radius 1 is 1.03 bits per heavy atom. The molecule has 5 rings (SSSR count). The number of nitrogens with one attached hydrogen (secondary N) is 1. The molecule has 0 unspecified atom stereocenters. The molecule has 7 heteroatoms. The van der Waals surface area contributed by atoms with Gasteiger partial charge < -0.3 is 9.80 Å². The molecule has 0 amide bonds. The van der Waals surface area contributed by atoms with Crippen molar-refractivity contribution in [3.05, 3.63) is 54.0 Å². The summed E-state index contributed by atoms with van der Waals surface area (Å²) in [6, 6.07) is 11.1. The van der Waals surface area contributed by atoms with Crippen molar-refractivity contribution in [1.29, 1.82) is 0 Å². The molecule has 0 atom stereocenters. The third-order valence-electron chi connectivity index (χ3n) is 6.55. The van der Waals surface area contributed by atoms with Gasteiger partial charge in [-0.3, -0.25) is 5.10 Å². The molecule has 1 fully saturated rings. The van der Waals surface area contributed by atoms with Gasteiger partial charge >= 0.3 is 0 Å². The minimum absolute atomic E-state index is 0.326. The van der Waals surface area contributed by atoms with Crippen LogP contribution in [0.5, 0.6) is 0 Å². The molecule has 0 radical (unpaired) electrons. The van der Waals surface area contributed by atoms with Crippen LogP contribution in [0.3, 0.4) is 0 Å². The van der Waals surface area contributed by atoms with Gasteiger partial charge in [-0.15, -0.1) is 0 Å². The van der Waals surface area contributed by atoms with E-state index in [1.807, 2.05) is 10.7 Å². The van der Waals surface area contributed by atoms with Crippen LogP contribution in [0.2, 0.25) is 0 Å². The second kappa shape index (κ2) is 8.39. The summed E-state index contributed by atoms with van der Waals surface area (Å²) in [5.41, 5.74) is 8.79. The van der Waals surface area contributed by atoms with Gasteiger partial charge in [0.05, 0.1) is 11.4 Å². The Hall–Kier alpha value is -3.19. The van der Waals surface area contributed by atoms with E-state index in [1.165, 1.54) is 16.8 Å². The SMILES string of the molecule is CCN1CCN(c2ccc(-c3[nH]nc(-c4cc(C)c5ncnn5c4)c3C(C)C)cc2)CC1. The van der Waals surface area contributed by atoms with Gasteiger partial charge in [-0.05, 0) is 48.7 Å². The van der Waals surface area contributed by atoms with Crippen LogP contribution in [0.15, 0.2) is 42.9 Å². The maximum absolute atomic E-state index is 4.74. The maximum atomic E-state index is 4.74. The summed E-state index contributed by atoms with van der Waals surface area (Å²) in [5, 5.41) is 12.4. The van der Waals surface area contributed by atoms with Gasteiger partial charge in [0.15, 0.2) is 5.65 Å². The Bertz CT molecular complexity index is 1210. The van der Waals surface area contributed by atoms with Crippen LogP contribution >= 0.6 is 0 Å². The van der Waals surface area contributed by atoms with Crippen LogP contribution in [0.1, 0.15) is 37.8 Å². The van der Waals surface area contributed by atoms with Crippen molar-refractivity contribution in [2.24, 2.45) is 0 Å². The Morgan fingerprint density at radius 2 is 1.78 bits per heavy atom. The Balaban J connectivity index is 1.47. The number of aryl methyl sites for hydroxylation is 1. The molecular formula is C25H31N7. The van der Waals surface area contributed by atoms with E-state index < -0.39 is 0 Å². The van der Waals surface area contributed by atoms with Crippen LogP contribution in [-0.2, 0) is 0 Å². The molecule has 0 saturated carbocycles. The largest absolute Gasteiger partial charge is 0.369 e. The number of pyridine rings is 1. The number of anilines is 1. The number of likely N-dealkylation sites (N-methyl/N-ethyl adjacent to an activating group) is 1. The van der Waals surface area contributed by atoms with Crippen molar-refractivity contribution in [3.8, 4) is 22.5 Å². The molecule has 1 aliphatic heterocycles. The molecule has 0 spiro atoms. The van der Waals surface area contributed by atoms with Crippen molar-refractivity contribution in [1.82, 2.24) is 29.7 Å². The molecular weight excluding hydrogens is 398 g/mol. The molecule has 4 heterocycles. The highest BCUT2D eigenvalue weighted by Gasteiger charge is 2.21. The van der Waals surface area contributed by atoms with Crippen LogP contribution < -0.4 is 4.90 Å². The lowest BCUT2D eigenvalue weighted by Gasteiger charge is -2.35. The average molecular weight is 430 g/mol. The van der Waals surface area contributed by atoms with E-state index in [1.54, 1.807) is 6.33 Å². The number of aromatic amines is 1. The quantitative estimate of drug-likeness (QED) is 0.511. The predicted octanol–water partition coefficient (Wildman–Crippen LogP) is 4.36. The van der Waals surface area contributed by atoms with Crippen molar-refractivity contribution in [2.75, 3.05) is 37.6 Å². The lowest BCUT2D eigenvalue weighted by atomic mass is 9.94. The third kappa shape index (κ3) is 3.66. The molecule has 1 aromatic carbocycles. The molecule has 166 valence electrons. The second-order valence-corrected chi connectivity index (χ2v) is 8.92. The molecule has 0 aliphatic carbocycles. The molecule has 4 aromatic rings. The van der Waals surface area contributed by atoms with E-state index in [4.69, 9.17) is 5.10 Å². The highest BCUT2D eigenvalue weighted by molar-refractivity contribution is 5.76. The Labute approximate surface area is 189 Å². The summed E-state index contributed by atoms with van der Waals surface area (Å²) in [7, 11) is 0. The smallest absolute Gasteiger partial charge is 0.158 e. The number of piperazine rings is 1. The monoisotopic (exact) mass is 429 g/mol. The van der Waals surface area contributed by atoms with E-state index in [9.17, 15) is 0 Å². The number of aromatic nitrogens is 5. The number of hydrogen-bond acceptors (Lipinski definition) is 5. The van der Waals surface area contributed by atoms with Gasteiger partial charge in [0.2, 0.25) is 0 Å². The first-order valence-corrected chi connectivity index (χ1v) is 11.5. The number of fused-ring (bicyclic) bond motifs is 1. The topological polar surface area (TPSA) is 65.3 Å². The zero-order valence-electron chi connectivity index (χ0n) is 19.3. The second-order valence-electron chi connectivity index (χ2n) is 8.92. The minimum Gasteiger partial charge on any atom is -0.369 e. The summed E-state index contributed by atoms with van der Waals surface area (Å²) in [4.78, 5) is 9.32. The van der Waals surface area contributed by atoms with Crippen LogP contribution in [-0.4, -0.2) is 62.4 Å².